The quantitative estimate of drug-likeness (QED) is 0.756. The van der Waals surface area contributed by atoms with E-state index in [-0.39, 0.29) is 11.8 Å². The number of ether oxygens (including phenoxy) is 1. The first-order valence-electron chi connectivity index (χ1n) is 6.24. The van der Waals surface area contributed by atoms with Crippen molar-refractivity contribution in [3.05, 3.63) is 50.1 Å². The Morgan fingerprint density at radius 2 is 1.95 bits per heavy atom. The minimum atomic E-state index is -2.88. The van der Waals surface area contributed by atoms with Crippen molar-refractivity contribution in [2.75, 3.05) is 6.54 Å². The molecule has 0 aliphatic heterocycles. The van der Waals surface area contributed by atoms with E-state index in [9.17, 15) is 8.78 Å². The second-order valence-electron chi connectivity index (χ2n) is 4.19. The molecule has 0 spiro atoms. The molecule has 2 rings (SSSR count). The molecule has 2 nitrogen and oxygen atoms in total. The highest BCUT2D eigenvalue weighted by atomic mass is 35.5. The Morgan fingerprint density at radius 3 is 2.52 bits per heavy atom. The normalized spacial score (nSPS) is 12.7. The minimum Gasteiger partial charge on any atom is -0.434 e. The first kappa shape index (κ1) is 16.5. The van der Waals surface area contributed by atoms with Crippen molar-refractivity contribution < 1.29 is 13.5 Å². The molecular formula is C14H13Cl2F2NOS. The van der Waals surface area contributed by atoms with E-state index in [4.69, 9.17) is 23.2 Å². The van der Waals surface area contributed by atoms with Crippen molar-refractivity contribution in [2.45, 2.75) is 19.6 Å². The van der Waals surface area contributed by atoms with Crippen LogP contribution in [0.4, 0.5) is 8.78 Å². The second kappa shape index (κ2) is 7.40. The van der Waals surface area contributed by atoms with Crippen LogP contribution in [-0.4, -0.2) is 13.2 Å². The summed E-state index contributed by atoms with van der Waals surface area (Å²) in [7, 11) is 0. The summed E-state index contributed by atoms with van der Waals surface area (Å²) in [4.78, 5) is 0. The largest absolute Gasteiger partial charge is 0.434 e. The minimum absolute atomic E-state index is 0.122. The fraction of sp³-hybridized carbons (Fsp3) is 0.286. The lowest BCUT2D eigenvalue weighted by molar-refractivity contribution is -0.0506. The lowest BCUT2D eigenvalue weighted by Crippen LogP contribution is -2.22. The van der Waals surface area contributed by atoms with E-state index in [2.05, 4.69) is 10.1 Å². The molecule has 7 heteroatoms. The highest BCUT2D eigenvalue weighted by Crippen LogP contribution is 2.40. The maximum absolute atomic E-state index is 12.5. The summed E-state index contributed by atoms with van der Waals surface area (Å²) in [5, 5.41) is 3.22. The highest BCUT2D eigenvalue weighted by Gasteiger charge is 2.23. The van der Waals surface area contributed by atoms with Crippen LogP contribution in [-0.2, 0) is 0 Å². The van der Waals surface area contributed by atoms with E-state index in [1.165, 1.54) is 17.4 Å². The summed E-state index contributed by atoms with van der Waals surface area (Å²) in [5.74, 6) is 0.122. The third-order valence-corrected chi connectivity index (χ3v) is 4.37. The number of alkyl halides is 2. The molecule has 1 heterocycles. The van der Waals surface area contributed by atoms with Gasteiger partial charge in [-0.25, -0.2) is 0 Å². The van der Waals surface area contributed by atoms with Crippen LogP contribution in [0.15, 0.2) is 30.3 Å². The van der Waals surface area contributed by atoms with Crippen LogP contribution in [0.25, 0.3) is 0 Å². The molecular weight excluding hydrogens is 339 g/mol. The van der Waals surface area contributed by atoms with Crippen molar-refractivity contribution in [3.8, 4) is 5.75 Å². The third-order valence-electron chi connectivity index (χ3n) is 2.85. The van der Waals surface area contributed by atoms with Crippen LogP contribution in [0, 0.1) is 0 Å². The van der Waals surface area contributed by atoms with E-state index in [1.807, 2.05) is 6.92 Å². The molecule has 0 aliphatic rings. The fourth-order valence-corrected chi connectivity index (χ4v) is 3.60. The fourth-order valence-electron chi connectivity index (χ4n) is 2.06. The van der Waals surface area contributed by atoms with E-state index in [0.717, 1.165) is 5.56 Å². The van der Waals surface area contributed by atoms with E-state index < -0.39 is 6.61 Å². The van der Waals surface area contributed by atoms with Gasteiger partial charge < -0.3 is 10.1 Å². The Balaban J connectivity index is 2.45. The van der Waals surface area contributed by atoms with Gasteiger partial charge in [0.15, 0.2) is 0 Å². The Bertz CT molecular complexity index is 606. The topological polar surface area (TPSA) is 21.3 Å². The average Bonchev–Trinajstić information content (AvgIpc) is 2.75. The average molecular weight is 352 g/mol. The van der Waals surface area contributed by atoms with Crippen molar-refractivity contribution in [1.82, 2.24) is 5.32 Å². The summed E-state index contributed by atoms with van der Waals surface area (Å²) in [5.41, 5.74) is 1.34. The molecule has 0 bridgehead atoms. The summed E-state index contributed by atoms with van der Waals surface area (Å²) in [6, 6.07) is 8.02. The molecule has 1 atom stereocenters. The van der Waals surface area contributed by atoms with Crippen LogP contribution >= 0.6 is 34.5 Å². The van der Waals surface area contributed by atoms with Crippen molar-refractivity contribution in [3.63, 3.8) is 0 Å². The predicted octanol–water partition coefficient (Wildman–Crippen LogP) is 5.36. The molecule has 0 fully saturated rings. The van der Waals surface area contributed by atoms with Gasteiger partial charge in [-0.2, -0.15) is 8.78 Å². The number of rotatable bonds is 6. The van der Waals surface area contributed by atoms with Gasteiger partial charge in [0.2, 0.25) is 0 Å². The molecule has 0 saturated carbocycles. The first-order valence-corrected chi connectivity index (χ1v) is 7.82. The number of hydrogen-bond acceptors (Lipinski definition) is 3. The van der Waals surface area contributed by atoms with Gasteiger partial charge in [-0.3, -0.25) is 0 Å². The smallest absolute Gasteiger partial charge is 0.387 e. The van der Waals surface area contributed by atoms with Crippen LogP contribution in [0.5, 0.6) is 5.75 Å². The number of thiophene rings is 1. The Labute approximate surface area is 135 Å². The summed E-state index contributed by atoms with van der Waals surface area (Å²) in [6.45, 7) is -0.321. The number of nitrogens with one attached hydrogen (secondary N) is 1. The molecule has 1 aromatic carbocycles. The molecule has 1 N–H and O–H groups in total. The van der Waals surface area contributed by atoms with Crippen molar-refractivity contribution in [2.24, 2.45) is 0 Å². The van der Waals surface area contributed by atoms with Crippen molar-refractivity contribution >= 4 is 34.5 Å². The standard InChI is InChI=1S/C14H13Cl2F2NOS/c1-2-19-12(9-7-11(15)21-13(9)16)8-5-3-4-6-10(8)20-14(17)18/h3-7,12,14,19H,2H2,1H3. The molecule has 0 aliphatic carbocycles. The zero-order valence-corrected chi connectivity index (χ0v) is 13.4. The number of benzene rings is 1. The molecule has 2 aromatic rings. The third kappa shape index (κ3) is 4.07. The molecule has 114 valence electrons. The molecule has 1 unspecified atom stereocenters. The predicted molar refractivity (Wildman–Crippen MR) is 82.9 cm³/mol. The second-order valence-corrected chi connectivity index (χ2v) is 6.47. The van der Waals surface area contributed by atoms with Crippen molar-refractivity contribution in [1.29, 1.82) is 0 Å². The Kier molecular flexibility index (Phi) is 5.81. The van der Waals surface area contributed by atoms with Gasteiger partial charge in [0.25, 0.3) is 0 Å². The molecule has 1 aromatic heterocycles. The van der Waals surface area contributed by atoms with Gasteiger partial charge in [-0.1, -0.05) is 48.3 Å². The summed E-state index contributed by atoms with van der Waals surface area (Å²) < 4.78 is 30.8. The van der Waals surface area contributed by atoms with Gasteiger partial charge in [-0.05, 0) is 18.7 Å². The monoisotopic (exact) mass is 351 g/mol. The molecule has 0 radical (unpaired) electrons. The molecule has 0 amide bonds. The van der Waals surface area contributed by atoms with Crippen LogP contribution in [0.2, 0.25) is 8.67 Å². The Morgan fingerprint density at radius 1 is 1.24 bits per heavy atom. The molecule has 0 saturated heterocycles. The van der Waals surface area contributed by atoms with Gasteiger partial charge in [0.05, 0.1) is 14.7 Å². The van der Waals surface area contributed by atoms with Gasteiger partial charge >= 0.3 is 6.61 Å². The van der Waals surface area contributed by atoms with E-state index in [1.54, 1.807) is 24.3 Å². The number of halogens is 4. The molecule has 21 heavy (non-hydrogen) atoms. The lowest BCUT2D eigenvalue weighted by Gasteiger charge is -2.21. The van der Waals surface area contributed by atoms with E-state index in [0.29, 0.717) is 20.8 Å². The summed E-state index contributed by atoms with van der Waals surface area (Å²) in [6.07, 6.45) is 0. The van der Waals surface area contributed by atoms with Gasteiger partial charge in [-0.15, -0.1) is 11.3 Å². The van der Waals surface area contributed by atoms with Crippen LogP contribution in [0.3, 0.4) is 0 Å². The first-order chi connectivity index (χ1) is 10.0. The number of para-hydroxylation sites is 1. The SMILES string of the molecule is CCNC(c1ccccc1OC(F)F)c1cc(Cl)sc1Cl. The lowest BCUT2D eigenvalue weighted by atomic mass is 10.00. The summed E-state index contributed by atoms with van der Waals surface area (Å²) >= 11 is 13.4. The maximum atomic E-state index is 12.5. The highest BCUT2D eigenvalue weighted by molar-refractivity contribution is 7.20. The van der Waals surface area contributed by atoms with Gasteiger partial charge in [0.1, 0.15) is 5.75 Å². The van der Waals surface area contributed by atoms with Crippen LogP contribution < -0.4 is 10.1 Å². The van der Waals surface area contributed by atoms with E-state index >= 15 is 0 Å². The zero-order valence-electron chi connectivity index (χ0n) is 11.1. The zero-order chi connectivity index (χ0) is 15.4. The van der Waals surface area contributed by atoms with Crippen LogP contribution in [0.1, 0.15) is 24.1 Å². The Hall–Kier alpha value is -0.880. The van der Waals surface area contributed by atoms with Gasteiger partial charge in [0, 0.05) is 11.1 Å². The maximum Gasteiger partial charge on any atom is 0.387 e. The number of hydrogen-bond donors (Lipinski definition) is 1.